The van der Waals surface area contributed by atoms with Crippen LogP contribution < -0.4 is 5.32 Å². The molecule has 1 unspecified atom stereocenters. The fourth-order valence-corrected chi connectivity index (χ4v) is 2.33. The maximum absolute atomic E-state index is 4.44. The highest BCUT2D eigenvalue weighted by Crippen LogP contribution is 2.22. The minimum atomic E-state index is 0.315. The van der Waals surface area contributed by atoms with Gasteiger partial charge in [-0.1, -0.05) is 12.2 Å². The summed E-state index contributed by atoms with van der Waals surface area (Å²) < 4.78 is 1.25. The van der Waals surface area contributed by atoms with Gasteiger partial charge in [0.2, 0.25) is 0 Å². The van der Waals surface area contributed by atoms with Gasteiger partial charge in [-0.15, -0.1) is 11.3 Å². The maximum atomic E-state index is 4.44. The van der Waals surface area contributed by atoms with E-state index in [1.54, 1.807) is 11.3 Å². The number of thiophene rings is 1. The van der Waals surface area contributed by atoms with Crippen LogP contribution in [0, 0.1) is 0 Å². The predicted molar refractivity (Wildman–Crippen MR) is 70.9 cm³/mol. The van der Waals surface area contributed by atoms with Gasteiger partial charge in [0.1, 0.15) is 0 Å². The quantitative estimate of drug-likeness (QED) is 0.816. The molecule has 0 aliphatic carbocycles. The van der Waals surface area contributed by atoms with Crippen LogP contribution in [0.3, 0.4) is 0 Å². The highest BCUT2D eigenvalue weighted by Gasteiger charge is 2.06. The van der Waals surface area contributed by atoms with Crippen molar-refractivity contribution in [3.05, 3.63) is 41.4 Å². The first kappa shape index (κ1) is 11.3. The Balaban J connectivity index is 2.15. The topological polar surface area (TPSA) is 24.9 Å². The zero-order valence-electron chi connectivity index (χ0n) is 9.66. The van der Waals surface area contributed by atoms with Gasteiger partial charge in [-0.05, 0) is 36.9 Å². The van der Waals surface area contributed by atoms with E-state index in [1.807, 2.05) is 13.1 Å². The molecule has 1 N–H and O–H groups in total. The van der Waals surface area contributed by atoms with E-state index >= 15 is 0 Å². The molecule has 2 heterocycles. The summed E-state index contributed by atoms with van der Waals surface area (Å²) in [7, 11) is 0. The third-order valence-electron chi connectivity index (χ3n) is 2.53. The van der Waals surface area contributed by atoms with Crippen LogP contribution in [-0.2, 0) is 0 Å². The molecule has 0 aliphatic rings. The van der Waals surface area contributed by atoms with E-state index in [9.17, 15) is 0 Å². The van der Waals surface area contributed by atoms with Crippen LogP contribution in [0.4, 0.5) is 0 Å². The molecule has 0 saturated carbocycles. The lowest BCUT2D eigenvalue weighted by molar-refractivity contribution is 0.606. The van der Waals surface area contributed by atoms with Crippen LogP contribution in [0.1, 0.15) is 25.5 Å². The monoisotopic (exact) mass is 232 g/mol. The Labute approximate surface area is 100 Å². The van der Waals surface area contributed by atoms with E-state index in [4.69, 9.17) is 0 Å². The summed E-state index contributed by atoms with van der Waals surface area (Å²) in [6, 6.07) is 4.58. The number of nitrogens with one attached hydrogen (secondary N) is 1. The highest BCUT2D eigenvalue weighted by atomic mass is 32.1. The molecule has 0 saturated heterocycles. The van der Waals surface area contributed by atoms with Crippen LogP contribution in [0.2, 0.25) is 0 Å². The van der Waals surface area contributed by atoms with Crippen LogP contribution in [0.15, 0.2) is 35.9 Å². The minimum absolute atomic E-state index is 0.315. The van der Waals surface area contributed by atoms with Gasteiger partial charge in [0.05, 0.1) is 10.2 Å². The molecule has 3 heteroatoms. The van der Waals surface area contributed by atoms with E-state index in [1.165, 1.54) is 10.3 Å². The average Bonchev–Trinajstić information content (AvgIpc) is 2.72. The van der Waals surface area contributed by atoms with Gasteiger partial charge >= 0.3 is 0 Å². The van der Waals surface area contributed by atoms with Gasteiger partial charge in [0.25, 0.3) is 0 Å². The number of fused-ring (bicyclic) bond motifs is 1. The fourth-order valence-electron chi connectivity index (χ4n) is 1.54. The van der Waals surface area contributed by atoms with Gasteiger partial charge in [-0.2, -0.15) is 0 Å². The zero-order valence-corrected chi connectivity index (χ0v) is 10.5. The second-order valence-electron chi connectivity index (χ2n) is 4.13. The normalized spacial score (nSPS) is 12.9. The van der Waals surface area contributed by atoms with Gasteiger partial charge in [0, 0.05) is 18.8 Å². The molecule has 0 aliphatic heterocycles. The molecule has 0 amide bonds. The zero-order chi connectivity index (χ0) is 11.5. The van der Waals surface area contributed by atoms with E-state index in [0.717, 1.165) is 17.6 Å². The van der Waals surface area contributed by atoms with Crippen LogP contribution in [-0.4, -0.2) is 11.5 Å². The summed E-state index contributed by atoms with van der Waals surface area (Å²) in [6.45, 7) is 8.92. The van der Waals surface area contributed by atoms with Crippen LogP contribution in [0.5, 0.6) is 0 Å². The Hall–Kier alpha value is -1.19. The smallest absolute Gasteiger partial charge is 0.0809 e. The van der Waals surface area contributed by atoms with Crippen LogP contribution >= 0.6 is 11.3 Å². The van der Waals surface area contributed by atoms with Crippen molar-refractivity contribution in [2.75, 3.05) is 6.54 Å². The summed E-state index contributed by atoms with van der Waals surface area (Å²) in [5, 5.41) is 5.50. The second-order valence-corrected chi connectivity index (χ2v) is 5.08. The van der Waals surface area contributed by atoms with Gasteiger partial charge in [0.15, 0.2) is 0 Å². The lowest BCUT2D eigenvalue weighted by atomic mass is 10.1. The second kappa shape index (κ2) is 4.76. The van der Waals surface area contributed by atoms with Gasteiger partial charge in [-0.3, -0.25) is 4.98 Å². The standard InChI is InChI=1S/C13H16N2S/c1-9(2)7-14-10(3)11-6-13-12(15-8-11)4-5-16-13/h4-6,8,10,14H,1,7H2,2-3H3. The van der Waals surface area contributed by atoms with Crippen molar-refractivity contribution in [3.8, 4) is 0 Å². The first-order chi connectivity index (χ1) is 7.66. The molecule has 84 valence electrons. The first-order valence-corrected chi connectivity index (χ1v) is 6.25. The SMILES string of the molecule is C=C(C)CNC(C)c1cnc2ccsc2c1. The summed E-state index contributed by atoms with van der Waals surface area (Å²) in [5.74, 6) is 0. The molecular formula is C13H16N2S. The molecule has 0 radical (unpaired) electrons. The fraction of sp³-hybridized carbons (Fsp3) is 0.308. The van der Waals surface area contributed by atoms with Crippen molar-refractivity contribution in [2.24, 2.45) is 0 Å². The summed E-state index contributed by atoms with van der Waals surface area (Å²) in [4.78, 5) is 4.44. The van der Waals surface area contributed by atoms with E-state index < -0.39 is 0 Å². The predicted octanol–water partition coefficient (Wildman–Crippen LogP) is 3.52. The minimum Gasteiger partial charge on any atom is -0.306 e. The number of nitrogens with zero attached hydrogens (tertiary/aromatic N) is 1. The van der Waals surface area contributed by atoms with Crippen molar-refractivity contribution in [1.29, 1.82) is 0 Å². The molecule has 0 fully saturated rings. The lowest BCUT2D eigenvalue weighted by Gasteiger charge is -2.13. The molecule has 0 bridgehead atoms. The molecule has 0 spiro atoms. The van der Waals surface area contributed by atoms with Crippen molar-refractivity contribution < 1.29 is 0 Å². The van der Waals surface area contributed by atoms with Crippen molar-refractivity contribution in [1.82, 2.24) is 10.3 Å². The Morgan fingerprint density at radius 3 is 3.19 bits per heavy atom. The number of hydrogen-bond acceptors (Lipinski definition) is 3. The Morgan fingerprint density at radius 2 is 2.44 bits per heavy atom. The summed E-state index contributed by atoms with van der Waals surface area (Å²) in [6.07, 6.45) is 1.95. The molecule has 2 aromatic heterocycles. The van der Waals surface area contributed by atoms with Crippen molar-refractivity contribution in [3.63, 3.8) is 0 Å². The van der Waals surface area contributed by atoms with Crippen molar-refractivity contribution in [2.45, 2.75) is 19.9 Å². The number of rotatable bonds is 4. The molecule has 2 rings (SSSR count). The number of pyridine rings is 1. The van der Waals surface area contributed by atoms with Gasteiger partial charge in [-0.25, -0.2) is 0 Å². The highest BCUT2D eigenvalue weighted by molar-refractivity contribution is 7.17. The third-order valence-corrected chi connectivity index (χ3v) is 3.39. The number of hydrogen-bond donors (Lipinski definition) is 1. The lowest BCUT2D eigenvalue weighted by Crippen LogP contribution is -2.20. The molecule has 2 aromatic rings. The molecule has 1 atom stereocenters. The Kier molecular flexibility index (Phi) is 3.36. The average molecular weight is 232 g/mol. The summed E-state index contributed by atoms with van der Waals surface area (Å²) >= 11 is 1.74. The molecule has 16 heavy (non-hydrogen) atoms. The third kappa shape index (κ3) is 2.49. The van der Waals surface area contributed by atoms with Crippen molar-refractivity contribution >= 4 is 21.6 Å². The summed E-state index contributed by atoms with van der Waals surface area (Å²) in [5.41, 5.74) is 3.47. The molecular weight excluding hydrogens is 216 g/mol. The Bertz CT molecular complexity index is 501. The molecule has 0 aromatic carbocycles. The van der Waals surface area contributed by atoms with E-state index in [-0.39, 0.29) is 0 Å². The molecule has 2 nitrogen and oxygen atoms in total. The maximum Gasteiger partial charge on any atom is 0.0809 e. The number of aromatic nitrogens is 1. The van der Waals surface area contributed by atoms with E-state index in [2.05, 4.69) is 41.3 Å². The largest absolute Gasteiger partial charge is 0.306 e. The van der Waals surface area contributed by atoms with E-state index in [0.29, 0.717) is 6.04 Å². The van der Waals surface area contributed by atoms with Gasteiger partial charge < -0.3 is 5.32 Å². The first-order valence-electron chi connectivity index (χ1n) is 5.38. The Morgan fingerprint density at radius 1 is 1.62 bits per heavy atom. The van der Waals surface area contributed by atoms with Crippen LogP contribution in [0.25, 0.3) is 10.2 Å².